The third kappa shape index (κ3) is 4.49. The fraction of sp³-hybridized carbons (Fsp3) is 1.00. The monoisotopic (exact) mass is 214 g/mol. The molecule has 1 aliphatic heterocycles. The summed E-state index contributed by atoms with van der Waals surface area (Å²) >= 11 is 0. The summed E-state index contributed by atoms with van der Waals surface area (Å²) < 4.78 is 5.44. The van der Waals surface area contributed by atoms with E-state index >= 15 is 0 Å². The first kappa shape index (κ1) is 12.9. The number of nitrogens with zero attached hydrogens (tertiary/aromatic N) is 1. The Morgan fingerprint density at radius 2 is 2.20 bits per heavy atom. The molecule has 1 unspecified atom stereocenters. The van der Waals surface area contributed by atoms with Crippen LogP contribution in [0, 0.1) is 0 Å². The zero-order valence-electron chi connectivity index (χ0n) is 10.7. The number of likely N-dealkylation sites (tertiary alicyclic amines) is 1. The molecule has 0 radical (unpaired) electrons. The van der Waals surface area contributed by atoms with Crippen molar-refractivity contribution in [3.05, 3.63) is 0 Å². The molecule has 3 nitrogen and oxygen atoms in total. The second kappa shape index (κ2) is 5.83. The zero-order valence-corrected chi connectivity index (χ0v) is 10.7. The molecule has 3 heteroatoms. The van der Waals surface area contributed by atoms with Gasteiger partial charge in [0.15, 0.2) is 0 Å². The lowest BCUT2D eigenvalue weighted by molar-refractivity contribution is 0.00515. The van der Waals surface area contributed by atoms with Crippen molar-refractivity contribution >= 4 is 0 Å². The summed E-state index contributed by atoms with van der Waals surface area (Å²) in [5.74, 6) is 0. The molecule has 15 heavy (non-hydrogen) atoms. The fourth-order valence-corrected chi connectivity index (χ4v) is 2.02. The summed E-state index contributed by atoms with van der Waals surface area (Å²) in [5, 5.41) is 3.37. The highest BCUT2D eigenvalue weighted by atomic mass is 16.5. The van der Waals surface area contributed by atoms with Crippen molar-refractivity contribution in [1.29, 1.82) is 0 Å². The smallest absolute Gasteiger partial charge is 0.0634 e. The van der Waals surface area contributed by atoms with Gasteiger partial charge in [-0.05, 0) is 46.7 Å². The molecule has 1 N–H and O–H groups in total. The summed E-state index contributed by atoms with van der Waals surface area (Å²) in [4.78, 5) is 2.55. The lowest BCUT2D eigenvalue weighted by Gasteiger charge is -2.34. The van der Waals surface area contributed by atoms with Crippen molar-refractivity contribution in [1.82, 2.24) is 10.2 Å². The Hall–Kier alpha value is -0.120. The maximum absolute atomic E-state index is 5.44. The lowest BCUT2D eigenvalue weighted by atomic mass is 10.0. The minimum atomic E-state index is 0.0204. The topological polar surface area (TPSA) is 24.5 Å². The van der Waals surface area contributed by atoms with Gasteiger partial charge in [-0.15, -0.1) is 0 Å². The van der Waals surface area contributed by atoms with Crippen LogP contribution in [-0.4, -0.2) is 50.3 Å². The highest BCUT2D eigenvalue weighted by molar-refractivity contribution is 4.79. The van der Waals surface area contributed by atoms with E-state index in [0.29, 0.717) is 6.04 Å². The maximum Gasteiger partial charge on any atom is 0.0634 e. The molecule has 1 atom stereocenters. The average Bonchev–Trinajstić information content (AvgIpc) is 2.27. The van der Waals surface area contributed by atoms with Crippen LogP contribution in [0.25, 0.3) is 0 Å². The van der Waals surface area contributed by atoms with Gasteiger partial charge in [-0.25, -0.2) is 0 Å². The number of nitrogens with one attached hydrogen (secondary N) is 1. The van der Waals surface area contributed by atoms with E-state index in [0.717, 1.165) is 13.0 Å². The molecule has 0 saturated carbocycles. The Balaban J connectivity index is 2.26. The molecular weight excluding hydrogens is 188 g/mol. The second-order valence-electron chi connectivity index (χ2n) is 5.14. The van der Waals surface area contributed by atoms with Crippen molar-refractivity contribution in [3.63, 3.8) is 0 Å². The van der Waals surface area contributed by atoms with Crippen LogP contribution in [0.4, 0.5) is 0 Å². The van der Waals surface area contributed by atoms with Crippen molar-refractivity contribution in [2.24, 2.45) is 0 Å². The number of hydrogen-bond acceptors (Lipinski definition) is 3. The maximum atomic E-state index is 5.44. The van der Waals surface area contributed by atoms with Crippen molar-refractivity contribution < 1.29 is 4.74 Å². The van der Waals surface area contributed by atoms with Crippen LogP contribution in [0.1, 0.15) is 33.1 Å². The van der Waals surface area contributed by atoms with Crippen molar-refractivity contribution in [2.45, 2.75) is 44.8 Å². The lowest BCUT2D eigenvalue weighted by Crippen LogP contribution is -2.45. The standard InChI is InChI=1S/C12H26N2O/c1-12(2,15-4)7-9-14-8-5-6-11(10-14)13-3/h11,13H,5-10H2,1-4H3. The van der Waals surface area contributed by atoms with Gasteiger partial charge in [0.05, 0.1) is 5.60 Å². The Morgan fingerprint density at radius 3 is 2.80 bits per heavy atom. The van der Waals surface area contributed by atoms with Gasteiger partial charge in [-0.2, -0.15) is 0 Å². The van der Waals surface area contributed by atoms with Crippen LogP contribution in [0.15, 0.2) is 0 Å². The molecule has 1 rings (SSSR count). The van der Waals surface area contributed by atoms with E-state index in [4.69, 9.17) is 4.74 Å². The van der Waals surface area contributed by atoms with E-state index in [-0.39, 0.29) is 5.60 Å². The van der Waals surface area contributed by atoms with Gasteiger partial charge in [0, 0.05) is 26.2 Å². The Kier molecular flexibility index (Phi) is 5.03. The predicted molar refractivity (Wildman–Crippen MR) is 64.2 cm³/mol. The van der Waals surface area contributed by atoms with Gasteiger partial charge >= 0.3 is 0 Å². The van der Waals surface area contributed by atoms with Crippen molar-refractivity contribution in [3.8, 4) is 0 Å². The predicted octanol–water partition coefficient (Wildman–Crippen LogP) is 1.49. The summed E-state index contributed by atoms with van der Waals surface area (Å²) in [5.41, 5.74) is 0.0204. The number of ether oxygens (including phenoxy) is 1. The SMILES string of the molecule is CNC1CCCN(CCC(C)(C)OC)C1. The molecule has 0 aromatic rings. The second-order valence-corrected chi connectivity index (χ2v) is 5.14. The van der Waals surface area contributed by atoms with Crippen molar-refractivity contribution in [2.75, 3.05) is 33.8 Å². The molecular formula is C12H26N2O. The molecule has 1 saturated heterocycles. The third-order valence-corrected chi connectivity index (χ3v) is 3.50. The van der Waals surface area contributed by atoms with Crippen LogP contribution in [0.5, 0.6) is 0 Å². The van der Waals surface area contributed by atoms with Crippen LogP contribution >= 0.6 is 0 Å². The average molecular weight is 214 g/mol. The zero-order chi connectivity index (χ0) is 11.3. The van der Waals surface area contributed by atoms with Crippen LogP contribution < -0.4 is 5.32 Å². The van der Waals surface area contributed by atoms with E-state index < -0.39 is 0 Å². The van der Waals surface area contributed by atoms with E-state index in [1.165, 1.54) is 25.9 Å². The van der Waals surface area contributed by atoms with Crippen LogP contribution in [0.2, 0.25) is 0 Å². The number of hydrogen-bond donors (Lipinski definition) is 1. The molecule has 0 spiro atoms. The van der Waals surface area contributed by atoms with E-state index in [1.54, 1.807) is 7.11 Å². The van der Waals surface area contributed by atoms with Gasteiger partial charge in [-0.3, -0.25) is 0 Å². The number of rotatable bonds is 5. The molecule has 0 bridgehead atoms. The van der Waals surface area contributed by atoms with Gasteiger partial charge in [0.25, 0.3) is 0 Å². The fourth-order valence-electron chi connectivity index (χ4n) is 2.02. The molecule has 1 aliphatic rings. The Bertz CT molecular complexity index is 182. The molecule has 90 valence electrons. The molecule has 0 aliphatic carbocycles. The molecule has 0 amide bonds. The van der Waals surface area contributed by atoms with Gasteiger partial charge in [0.2, 0.25) is 0 Å². The number of piperidine rings is 1. The first-order chi connectivity index (χ1) is 7.07. The number of methoxy groups -OCH3 is 1. The summed E-state index contributed by atoms with van der Waals surface area (Å²) in [6.07, 6.45) is 3.75. The molecule has 1 fully saturated rings. The number of likely N-dealkylation sites (N-methyl/N-ethyl adjacent to an activating group) is 1. The Labute approximate surface area is 94.2 Å². The highest BCUT2D eigenvalue weighted by Gasteiger charge is 2.22. The van der Waals surface area contributed by atoms with Crippen LogP contribution in [-0.2, 0) is 4.74 Å². The van der Waals surface area contributed by atoms with Gasteiger partial charge < -0.3 is 15.0 Å². The minimum absolute atomic E-state index is 0.0204. The minimum Gasteiger partial charge on any atom is -0.379 e. The Morgan fingerprint density at radius 1 is 1.47 bits per heavy atom. The molecule has 1 heterocycles. The third-order valence-electron chi connectivity index (χ3n) is 3.50. The van der Waals surface area contributed by atoms with E-state index in [2.05, 4.69) is 31.1 Å². The van der Waals surface area contributed by atoms with Crippen LogP contribution in [0.3, 0.4) is 0 Å². The largest absolute Gasteiger partial charge is 0.379 e. The molecule has 0 aromatic carbocycles. The highest BCUT2D eigenvalue weighted by Crippen LogP contribution is 2.16. The summed E-state index contributed by atoms with van der Waals surface area (Å²) in [6.45, 7) is 7.91. The first-order valence-corrected chi connectivity index (χ1v) is 6.02. The first-order valence-electron chi connectivity index (χ1n) is 6.02. The normalized spacial score (nSPS) is 24.4. The van der Waals surface area contributed by atoms with Gasteiger partial charge in [-0.1, -0.05) is 0 Å². The van der Waals surface area contributed by atoms with Gasteiger partial charge in [0.1, 0.15) is 0 Å². The quantitative estimate of drug-likeness (QED) is 0.750. The summed E-state index contributed by atoms with van der Waals surface area (Å²) in [7, 11) is 3.86. The van der Waals surface area contributed by atoms with E-state index in [9.17, 15) is 0 Å². The molecule has 0 aromatic heterocycles. The summed E-state index contributed by atoms with van der Waals surface area (Å²) in [6, 6.07) is 0.685. The van der Waals surface area contributed by atoms with E-state index in [1.807, 2.05) is 0 Å².